The first-order valence-corrected chi connectivity index (χ1v) is 17.1. The van der Waals surface area contributed by atoms with E-state index in [0.29, 0.717) is 29.0 Å². The molecule has 1 fully saturated rings. The van der Waals surface area contributed by atoms with E-state index in [-0.39, 0.29) is 37.0 Å². The predicted octanol–water partition coefficient (Wildman–Crippen LogP) is 6.59. The van der Waals surface area contributed by atoms with Gasteiger partial charge in [0.05, 0.1) is 30.0 Å². The Morgan fingerprint density at radius 1 is 1.06 bits per heavy atom. The van der Waals surface area contributed by atoms with Gasteiger partial charge in [-0.25, -0.2) is 4.98 Å². The van der Waals surface area contributed by atoms with Gasteiger partial charge in [-0.3, -0.25) is 14.6 Å². The Balaban J connectivity index is 1.23. The van der Waals surface area contributed by atoms with Gasteiger partial charge in [0, 0.05) is 59.8 Å². The molecule has 5 aromatic rings. The van der Waals surface area contributed by atoms with Crippen LogP contribution in [0.2, 0.25) is 0 Å². The molecular formula is C37H36F3N5O4S. The molecule has 50 heavy (non-hydrogen) atoms. The molecule has 2 aromatic carbocycles. The number of thiazole rings is 1. The van der Waals surface area contributed by atoms with Gasteiger partial charge in [0.15, 0.2) is 0 Å². The van der Waals surface area contributed by atoms with E-state index in [1.807, 2.05) is 42.6 Å². The van der Waals surface area contributed by atoms with Gasteiger partial charge in [0.2, 0.25) is 0 Å². The van der Waals surface area contributed by atoms with Crippen LogP contribution in [0, 0.1) is 6.92 Å². The second-order valence-corrected chi connectivity index (χ2v) is 13.2. The van der Waals surface area contributed by atoms with E-state index in [9.17, 15) is 27.9 Å². The fourth-order valence-electron chi connectivity index (χ4n) is 6.07. The number of nitrogens with zero attached hydrogens (tertiary/aromatic N) is 3. The van der Waals surface area contributed by atoms with Crippen LogP contribution in [0.15, 0.2) is 95.2 Å². The zero-order valence-corrected chi connectivity index (χ0v) is 28.0. The summed E-state index contributed by atoms with van der Waals surface area (Å²) in [5.41, 5.74) is 2.27. The van der Waals surface area contributed by atoms with E-state index in [1.54, 1.807) is 35.2 Å². The number of halogens is 3. The maximum absolute atomic E-state index is 14.0. The van der Waals surface area contributed by atoms with Gasteiger partial charge in [0.25, 0.3) is 11.8 Å². The number of aliphatic hydroxyl groups is 1. The molecule has 2 amide bonds. The highest BCUT2D eigenvalue weighted by Gasteiger charge is 2.34. The second-order valence-electron chi connectivity index (χ2n) is 12.3. The van der Waals surface area contributed by atoms with E-state index in [4.69, 9.17) is 4.42 Å². The highest BCUT2D eigenvalue weighted by Crippen LogP contribution is 2.35. The van der Waals surface area contributed by atoms with Crippen molar-refractivity contribution in [1.82, 2.24) is 25.5 Å². The lowest BCUT2D eigenvalue weighted by Gasteiger charge is -2.26. The summed E-state index contributed by atoms with van der Waals surface area (Å²) in [5.74, 6) is -0.253. The fraction of sp³-hybridized carbons (Fsp3) is 0.297. The molecule has 260 valence electrons. The van der Waals surface area contributed by atoms with E-state index in [0.717, 1.165) is 41.4 Å². The quantitative estimate of drug-likeness (QED) is 0.134. The molecule has 0 saturated carbocycles. The van der Waals surface area contributed by atoms with Crippen LogP contribution in [0.4, 0.5) is 13.2 Å². The molecular weight excluding hydrogens is 667 g/mol. The van der Waals surface area contributed by atoms with Crippen LogP contribution >= 0.6 is 11.3 Å². The lowest BCUT2D eigenvalue weighted by atomic mass is 9.99. The minimum Gasteiger partial charge on any atom is -0.464 e. The number of carbonyl (C=O) groups excluding carboxylic acids is 2. The van der Waals surface area contributed by atoms with Gasteiger partial charge in [-0.1, -0.05) is 30.3 Å². The zero-order valence-electron chi connectivity index (χ0n) is 27.2. The minimum atomic E-state index is -4.52. The smallest absolute Gasteiger partial charge is 0.417 e. The number of carbonyl (C=O) groups is 2. The van der Waals surface area contributed by atoms with Crippen LogP contribution < -0.4 is 10.6 Å². The molecule has 1 aliphatic heterocycles. The first-order chi connectivity index (χ1) is 24.0. The number of pyridine rings is 1. The fourth-order valence-corrected chi connectivity index (χ4v) is 7.02. The van der Waals surface area contributed by atoms with Gasteiger partial charge in [-0.15, -0.1) is 11.3 Å². The van der Waals surface area contributed by atoms with E-state index in [2.05, 4.69) is 20.6 Å². The van der Waals surface area contributed by atoms with Crippen LogP contribution in [0.5, 0.6) is 0 Å². The third kappa shape index (κ3) is 8.47. The highest BCUT2D eigenvalue weighted by atomic mass is 32.1. The largest absolute Gasteiger partial charge is 0.464 e. The number of likely N-dealkylation sites (tertiary alicyclic amines) is 1. The number of hydrogen-bond donors (Lipinski definition) is 3. The summed E-state index contributed by atoms with van der Waals surface area (Å²) in [4.78, 5) is 38.1. The van der Waals surface area contributed by atoms with Crippen molar-refractivity contribution in [2.75, 3.05) is 13.1 Å². The second kappa shape index (κ2) is 15.4. The zero-order chi connectivity index (χ0) is 35.3. The molecule has 6 rings (SSSR count). The summed E-state index contributed by atoms with van der Waals surface area (Å²) in [7, 11) is 0. The standard InChI is InChI=1S/C37H36F3N5O4S/c1-23-22-50-35(43-23)31-9-5-11-45(31)36(48)28-16-26(33-10-6-12-49-33)15-27(17-28)34(47)44-30(14-24-7-3-2-4-8-24)32(46)21-42-19-25-13-29(20-41-18-25)37(38,39)40/h2-4,6-8,10,12-13,15-18,20,22,30-32,42,46H,5,9,11,14,19,21H2,1H3,(H,44,47)/t30-,31+,32+/m0/s1. The molecule has 13 heteroatoms. The Labute approximate surface area is 291 Å². The van der Waals surface area contributed by atoms with Crippen molar-refractivity contribution in [2.45, 2.75) is 57.1 Å². The molecule has 4 heterocycles. The van der Waals surface area contributed by atoms with Crippen molar-refractivity contribution in [3.63, 3.8) is 0 Å². The molecule has 1 saturated heterocycles. The number of alkyl halides is 3. The molecule has 1 aliphatic rings. The predicted molar refractivity (Wildman–Crippen MR) is 182 cm³/mol. The van der Waals surface area contributed by atoms with Crippen molar-refractivity contribution >= 4 is 23.2 Å². The monoisotopic (exact) mass is 703 g/mol. The van der Waals surface area contributed by atoms with Gasteiger partial charge >= 0.3 is 6.18 Å². The number of furan rings is 1. The van der Waals surface area contributed by atoms with Gasteiger partial charge in [-0.2, -0.15) is 13.2 Å². The van der Waals surface area contributed by atoms with Gasteiger partial charge < -0.3 is 25.1 Å². The first-order valence-electron chi connectivity index (χ1n) is 16.2. The summed E-state index contributed by atoms with van der Waals surface area (Å²) < 4.78 is 45.1. The SMILES string of the molecule is Cc1csc([C@H]2CCCN2C(=O)c2cc(C(=O)N[C@@H](Cc3ccccc3)[C@H](O)CNCc3cncc(C(F)(F)F)c3)cc(-c3ccco3)c2)n1. The van der Waals surface area contributed by atoms with Crippen LogP contribution in [-0.2, 0) is 19.1 Å². The number of hydrogen-bond acceptors (Lipinski definition) is 8. The maximum atomic E-state index is 14.0. The average Bonchev–Trinajstić information content (AvgIpc) is 3.90. The van der Waals surface area contributed by atoms with Crippen LogP contribution in [-0.4, -0.2) is 57.0 Å². The third-order valence-electron chi connectivity index (χ3n) is 8.57. The van der Waals surface area contributed by atoms with E-state index in [1.165, 1.54) is 23.8 Å². The first kappa shape index (κ1) is 35.0. The molecule has 3 atom stereocenters. The van der Waals surface area contributed by atoms with Crippen molar-refractivity contribution in [2.24, 2.45) is 0 Å². The lowest BCUT2D eigenvalue weighted by Crippen LogP contribution is -2.48. The van der Waals surface area contributed by atoms with E-state index >= 15 is 0 Å². The van der Waals surface area contributed by atoms with Crippen molar-refractivity contribution in [1.29, 1.82) is 0 Å². The maximum Gasteiger partial charge on any atom is 0.417 e. The Kier molecular flexibility index (Phi) is 10.8. The number of benzene rings is 2. The average molecular weight is 704 g/mol. The summed E-state index contributed by atoms with van der Waals surface area (Å²) in [6, 6.07) is 17.7. The van der Waals surface area contributed by atoms with Crippen LogP contribution in [0.3, 0.4) is 0 Å². The number of rotatable bonds is 12. The highest BCUT2D eigenvalue weighted by molar-refractivity contribution is 7.09. The molecule has 0 spiro atoms. The molecule has 0 aliphatic carbocycles. The summed E-state index contributed by atoms with van der Waals surface area (Å²) in [5, 5.41) is 20.1. The molecule has 0 unspecified atom stereocenters. The Hall–Kier alpha value is -4.85. The molecule has 9 nitrogen and oxygen atoms in total. The lowest BCUT2D eigenvalue weighted by molar-refractivity contribution is -0.137. The summed E-state index contributed by atoms with van der Waals surface area (Å²) in [6.45, 7) is 2.47. The van der Waals surface area contributed by atoms with E-state index < -0.39 is 29.8 Å². The number of nitrogens with one attached hydrogen (secondary N) is 2. The van der Waals surface area contributed by atoms with Crippen molar-refractivity contribution < 1.29 is 32.3 Å². The molecule has 3 aromatic heterocycles. The Bertz CT molecular complexity index is 1920. The van der Waals surface area contributed by atoms with Gasteiger partial charge in [0.1, 0.15) is 10.8 Å². The minimum absolute atomic E-state index is 0.0225. The van der Waals surface area contributed by atoms with Crippen LogP contribution in [0.25, 0.3) is 11.3 Å². The molecule has 0 radical (unpaired) electrons. The summed E-state index contributed by atoms with van der Waals surface area (Å²) in [6.07, 6.45) is -0.159. The number of amides is 2. The third-order valence-corrected chi connectivity index (χ3v) is 9.63. The number of aliphatic hydroxyl groups excluding tert-OH is 1. The van der Waals surface area contributed by atoms with Crippen molar-refractivity contribution in [3.05, 3.63) is 129 Å². The van der Waals surface area contributed by atoms with Crippen LogP contribution in [0.1, 0.15) is 67.0 Å². The topological polar surface area (TPSA) is 121 Å². The number of aromatic nitrogens is 2. The van der Waals surface area contributed by atoms with Gasteiger partial charge in [-0.05, 0) is 73.7 Å². The Morgan fingerprint density at radius 2 is 1.86 bits per heavy atom. The Morgan fingerprint density at radius 3 is 2.58 bits per heavy atom. The van der Waals surface area contributed by atoms with Crippen molar-refractivity contribution in [3.8, 4) is 11.3 Å². The molecule has 0 bridgehead atoms. The summed E-state index contributed by atoms with van der Waals surface area (Å²) >= 11 is 1.53. The number of aryl methyl sites for hydroxylation is 1. The molecule has 3 N–H and O–H groups in total. The normalized spacial score (nSPS) is 15.9.